The maximum Gasteiger partial charge on any atom is 0.356 e. The average Bonchev–Trinajstić information content (AvgIpc) is 2.89. The van der Waals surface area contributed by atoms with Crippen molar-refractivity contribution in [2.45, 2.75) is 6.54 Å². The van der Waals surface area contributed by atoms with Gasteiger partial charge in [0.1, 0.15) is 17.8 Å². The average molecular weight is 233 g/mol. The number of hydrogen-bond donors (Lipinski definition) is 2. The minimum atomic E-state index is -0.465. The highest BCUT2D eigenvalue weighted by Gasteiger charge is 2.07. The van der Waals surface area contributed by atoms with Gasteiger partial charge in [0.2, 0.25) is 0 Å². The molecule has 0 fully saturated rings. The Morgan fingerprint density at radius 3 is 3.12 bits per heavy atom. The molecule has 0 unspecified atom stereocenters. The minimum absolute atomic E-state index is 0.259. The summed E-state index contributed by atoms with van der Waals surface area (Å²) in [5.41, 5.74) is 1.02. The predicted octanol–water partition coefficient (Wildman–Crippen LogP) is 0.598. The SMILES string of the molecule is COC(=O)c1cc(NCc2ncn[nH]2)ccn1. The fourth-order valence-electron chi connectivity index (χ4n) is 1.26. The molecule has 2 aromatic rings. The molecule has 7 nitrogen and oxygen atoms in total. The molecule has 0 radical (unpaired) electrons. The first-order valence-corrected chi connectivity index (χ1v) is 4.92. The monoisotopic (exact) mass is 233 g/mol. The van der Waals surface area contributed by atoms with E-state index in [9.17, 15) is 4.79 Å². The third-order valence-electron chi connectivity index (χ3n) is 2.08. The van der Waals surface area contributed by atoms with Crippen LogP contribution in [0.1, 0.15) is 16.3 Å². The van der Waals surface area contributed by atoms with Crippen LogP contribution in [0, 0.1) is 0 Å². The van der Waals surface area contributed by atoms with Crippen LogP contribution in [0.2, 0.25) is 0 Å². The maximum atomic E-state index is 11.3. The molecule has 2 aromatic heterocycles. The zero-order chi connectivity index (χ0) is 12.1. The van der Waals surface area contributed by atoms with Crippen LogP contribution in [0.3, 0.4) is 0 Å². The molecule has 0 atom stereocenters. The summed E-state index contributed by atoms with van der Waals surface area (Å²) in [5, 5.41) is 9.54. The van der Waals surface area contributed by atoms with Gasteiger partial charge < -0.3 is 10.1 Å². The van der Waals surface area contributed by atoms with E-state index in [4.69, 9.17) is 0 Å². The van der Waals surface area contributed by atoms with E-state index in [0.717, 1.165) is 5.69 Å². The highest BCUT2D eigenvalue weighted by molar-refractivity contribution is 5.88. The number of H-pyrrole nitrogens is 1. The van der Waals surface area contributed by atoms with Crippen LogP contribution in [0.4, 0.5) is 5.69 Å². The number of carbonyl (C=O) groups excluding carboxylic acids is 1. The molecule has 0 aliphatic rings. The predicted molar refractivity (Wildman–Crippen MR) is 59.3 cm³/mol. The molecule has 0 spiro atoms. The van der Waals surface area contributed by atoms with Crippen LogP contribution in [-0.2, 0) is 11.3 Å². The Morgan fingerprint density at radius 1 is 1.53 bits per heavy atom. The van der Waals surface area contributed by atoms with E-state index in [1.165, 1.54) is 19.6 Å². The summed E-state index contributed by atoms with van der Waals surface area (Å²) in [6.07, 6.45) is 2.97. The number of anilines is 1. The van der Waals surface area contributed by atoms with Crippen molar-refractivity contribution in [3.63, 3.8) is 0 Å². The Morgan fingerprint density at radius 2 is 2.41 bits per heavy atom. The van der Waals surface area contributed by atoms with E-state index in [2.05, 4.69) is 30.2 Å². The molecular formula is C10H11N5O2. The lowest BCUT2D eigenvalue weighted by Crippen LogP contribution is -2.06. The zero-order valence-electron chi connectivity index (χ0n) is 9.17. The topological polar surface area (TPSA) is 92.8 Å². The second-order valence-corrected chi connectivity index (χ2v) is 3.21. The normalized spacial score (nSPS) is 9.94. The summed E-state index contributed by atoms with van der Waals surface area (Å²) in [6.45, 7) is 0.491. The first-order valence-electron chi connectivity index (χ1n) is 4.92. The molecule has 17 heavy (non-hydrogen) atoms. The van der Waals surface area contributed by atoms with Crippen molar-refractivity contribution in [3.05, 3.63) is 36.2 Å². The van der Waals surface area contributed by atoms with Gasteiger partial charge in [-0.2, -0.15) is 5.10 Å². The molecule has 2 rings (SSSR count). The molecule has 0 saturated heterocycles. The van der Waals surface area contributed by atoms with Crippen LogP contribution in [-0.4, -0.2) is 33.2 Å². The van der Waals surface area contributed by atoms with Gasteiger partial charge in [-0.3, -0.25) is 5.10 Å². The Labute approximate surface area is 97.2 Å². The number of carbonyl (C=O) groups is 1. The van der Waals surface area contributed by atoms with Gasteiger partial charge in [-0.15, -0.1) is 0 Å². The van der Waals surface area contributed by atoms with Gasteiger partial charge >= 0.3 is 5.97 Å². The lowest BCUT2D eigenvalue weighted by molar-refractivity contribution is 0.0594. The third-order valence-corrected chi connectivity index (χ3v) is 2.08. The molecule has 2 N–H and O–H groups in total. The van der Waals surface area contributed by atoms with Gasteiger partial charge in [0.15, 0.2) is 0 Å². The van der Waals surface area contributed by atoms with Crippen molar-refractivity contribution < 1.29 is 9.53 Å². The summed E-state index contributed by atoms with van der Waals surface area (Å²) < 4.78 is 4.58. The highest BCUT2D eigenvalue weighted by atomic mass is 16.5. The fourth-order valence-corrected chi connectivity index (χ4v) is 1.26. The van der Waals surface area contributed by atoms with Crippen LogP contribution in [0.25, 0.3) is 0 Å². The number of aromatic amines is 1. The van der Waals surface area contributed by atoms with Crippen LogP contribution >= 0.6 is 0 Å². The number of rotatable bonds is 4. The Bertz CT molecular complexity index is 497. The first kappa shape index (κ1) is 11.1. The number of nitrogens with zero attached hydrogens (tertiary/aromatic N) is 3. The van der Waals surface area contributed by atoms with Crippen LogP contribution in [0.15, 0.2) is 24.7 Å². The number of hydrogen-bond acceptors (Lipinski definition) is 6. The summed E-state index contributed by atoms with van der Waals surface area (Å²) in [7, 11) is 1.32. The molecule has 7 heteroatoms. The van der Waals surface area contributed by atoms with Crippen LogP contribution < -0.4 is 5.32 Å². The van der Waals surface area contributed by atoms with Crippen molar-refractivity contribution >= 4 is 11.7 Å². The van der Waals surface area contributed by atoms with Crippen molar-refractivity contribution in [1.29, 1.82) is 0 Å². The molecule has 2 heterocycles. The van der Waals surface area contributed by atoms with Gasteiger partial charge in [-0.25, -0.2) is 14.8 Å². The van der Waals surface area contributed by atoms with Crippen molar-refractivity contribution in [2.75, 3.05) is 12.4 Å². The number of nitrogens with one attached hydrogen (secondary N) is 2. The largest absolute Gasteiger partial charge is 0.464 e. The van der Waals surface area contributed by atoms with Crippen molar-refractivity contribution in [1.82, 2.24) is 20.2 Å². The molecule has 0 aromatic carbocycles. The fraction of sp³-hybridized carbons (Fsp3) is 0.200. The molecule has 0 bridgehead atoms. The summed E-state index contributed by atoms with van der Waals surface area (Å²) >= 11 is 0. The van der Waals surface area contributed by atoms with E-state index in [1.54, 1.807) is 12.1 Å². The molecule has 0 aliphatic carbocycles. The zero-order valence-corrected chi connectivity index (χ0v) is 9.17. The van der Waals surface area contributed by atoms with E-state index in [-0.39, 0.29) is 5.69 Å². The Hall–Kier alpha value is -2.44. The highest BCUT2D eigenvalue weighted by Crippen LogP contribution is 2.09. The standard InChI is InChI=1S/C10H11N5O2/c1-17-10(16)8-4-7(2-3-11-8)12-5-9-13-6-14-15-9/h2-4,6H,5H2,1H3,(H,11,12)(H,13,14,15). The van der Waals surface area contributed by atoms with Gasteiger partial charge in [0, 0.05) is 11.9 Å². The van der Waals surface area contributed by atoms with E-state index in [0.29, 0.717) is 12.4 Å². The third kappa shape index (κ3) is 2.77. The molecular weight excluding hydrogens is 222 g/mol. The van der Waals surface area contributed by atoms with E-state index < -0.39 is 5.97 Å². The second kappa shape index (κ2) is 5.06. The molecule has 88 valence electrons. The summed E-state index contributed by atoms with van der Waals surface area (Å²) in [6, 6.07) is 3.37. The number of methoxy groups -OCH3 is 1. The lowest BCUT2D eigenvalue weighted by atomic mass is 10.3. The second-order valence-electron chi connectivity index (χ2n) is 3.21. The molecule has 0 amide bonds. The number of pyridine rings is 1. The van der Waals surface area contributed by atoms with Gasteiger partial charge in [-0.1, -0.05) is 0 Å². The van der Waals surface area contributed by atoms with Gasteiger partial charge in [-0.05, 0) is 12.1 Å². The quantitative estimate of drug-likeness (QED) is 0.751. The van der Waals surface area contributed by atoms with Gasteiger partial charge in [0.25, 0.3) is 0 Å². The molecule has 0 saturated carbocycles. The smallest absolute Gasteiger partial charge is 0.356 e. The first-order chi connectivity index (χ1) is 8.29. The maximum absolute atomic E-state index is 11.3. The van der Waals surface area contributed by atoms with Crippen molar-refractivity contribution in [2.24, 2.45) is 0 Å². The van der Waals surface area contributed by atoms with Gasteiger partial charge in [0.05, 0.1) is 13.7 Å². The summed E-state index contributed by atoms with van der Waals surface area (Å²) in [5.74, 6) is 0.245. The minimum Gasteiger partial charge on any atom is -0.464 e. The van der Waals surface area contributed by atoms with Crippen LogP contribution in [0.5, 0.6) is 0 Å². The van der Waals surface area contributed by atoms with E-state index in [1.807, 2.05) is 0 Å². The number of aromatic nitrogens is 4. The number of esters is 1. The Balaban J connectivity index is 2.03. The van der Waals surface area contributed by atoms with Crippen molar-refractivity contribution in [3.8, 4) is 0 Å². The summed E-state index contributed by atoms with van der Waals surface area (Å²) in [4.78, 5) is 19.1. The molecule has 0 aliphatic heterocycles. The number of ether oxygens (including phenoxy) is 1. The van der Waals surface area contributed by atoms with E-state index >= 15 is 0 Å². The lowest BCUT2D eigenvalue weighted by Gasteiger charge is -2.05. The Kier molecular flexibility index (Phi) is 3.29.